The van der Waals surface area contributed by atoms with Gasteiger partial charge in [0.05, 0.1) is 10.5 Å². The maximum absolute atomic E-state index is 11.3. The number of hydrogen-bond acceptors (Lipinski definition) is 6. The van der Waals surface area contributed by atoms with Crippen molar-refractivity contribution < 1.29 is 27.4 Å². The highest BCUT2D eigenvalue weighted by Crippen LogP contribution is 2.44. The number of hydrogen-bond donors (Lipinski definition) is 2. The van der Waals surface area contributed by atoms with Crippen LogP contribution in [0.25, 0.3) is 0 Å². The average Bonchev–Trinajstić information content (AvgIpc) is 2.92. The molecule has 134 valence electrons. The van der Waals surface area contributed by atoms with Crippen LogP contribution in [-0.4, -0.2) is 36.3 Å². The van der Waals surface area contributed by atoms with Crippen LogP contribution >= 0.6 is 0 Å². The highest BCUT2D eigenvalue weighted by molar-refractivity contribution is 7.83. The Morgan fingerprint density at radius 2 is 1.92 bits per heavy atom. The standard InChI is InChI=1S/C14H20N2O7S/c1-3-14(4-2)22-12(9-15-24(19,20)21)13(23-14)10-7-5-6-8-11(10)16(17)18/h5-8,12-13,15H,3-4,9H2,1-2H3,(H,19,20,21)/t12-,13-/m0/s1. The number of ether oxygens (including phenoxy) is 2. The molecule has 0 saturated carbocycles. The molecule has 1 aromatic rings. The number of nitro groups is 1. The number of nitro benzene ring substituents is 1. The maximum atomic E-state index is 11.3. The number of nitrogens with one attached hydrogen (secondary N) is 1. The molecule has 2 rings (SSSR count). The van der Waals surface area contributed by atoms with Crippen molar-refractivity contribution in [2.24, 2.45) is 0 Å². The van der Waals surface area contributed by atoms with Crippen LogP contribution in [0.4, 0.5) is 5.69 Å². The Balaban J connectivity index is 2.38. The lowest BCUT2D eigenvalue weighted by Crippen LogP contribution is -2.36. The van der Waals surface area contributed by atoms with Gasteiger partial charge in [-0.05, 0) is 18.9 Å². The molecular weight excluding hydrogens is 340 g/mol. The molecule has 2 N–H and O–H groups in total. The van der Waals surface area contributed by atoms with Crippen LogP contribution in [0.15, 0.2) is 24.3 Å². The summed E-state index contributed by atoms with van der Waals surface area (Å²) in [5, 5.41) is 11.3. The summed E-state index contributed by atoms with van der Waals surface area (Å²) in [4.78, 5) is 10.7. The SMILES string of the molecule is CCC1(CC)O[C@@H](CNS(=O)(=O)O)[C@H](c2ccccc2[N+](=O)[O-])O1. The van der Waals surface area contributed by atoms with Crippen LogP contribution in [-0.2, 0) is 19.8 Å². The maximum Gasteiger partial charge on any atom is 0.333 e. The van der Waals surface area contributed by atoms with E-state index in [1.807, 2.05) is 18.6 Å². The average molecular weight is 360 g/mol. The van der Waals surface area contributed by atoms with Crippen LogP contribution in [0.3, 0.4) is 0 Å². The van der Waals surface area contributed by atoms with Gasteiger partial charge in [-0.3, -0.25) is 14.7 Å². The third-order valence-electron chi connectivity index (χ3n) is 4.03. The van der Waals surface area contributed by atoms with Crippen molar-refractivity contribution in [1.82, 2.24) is 4.72 Å². The van der Waals surface area contributed by atoms with Crippen LogP contribution in [0, 0.1) is 10.1 Å². The predicted molar refractivity (Wildman–Crippen MR) is 84.7 cm³/mol. The minimum Gasteiger partial charge on any atom is -0.342 e. The predicted octanol–water partition coefficient (Wildman–Crippen LogP) is 1.96. The van der Waals surface area contributed by atoms with E-state index >= 15 is 0 Å². The molecule has 0 aromatic heterocycles. The molecule has 0 aliphatic carbocycles. The molecule has 1 aliphatic heterocycles. The van der Waals surface area contributed by atoms with Gasteiger partial charge < -0.3 is 9.47 Å². The number of rotatable bonds is 7. The molecule has 0 spiro atoms. The van der Waals surface area contributed by atoms with E-state index in [0.717, 1.165) is 0 Å². The summed E-state index contributed by atoms with van der Waals surface area (Å²) >= 11 is 0. The highest BCUT2D eigenvalue weighted by atomic mass is 32.2. The molecule has 24 heavy (non-hydrogen) atoms. The second-order valence-electron chi connectivity index (χ2n) is 5.45. The zero-order valence-corrected chi connectivity index (χ0v) is 14.2. The molecule has 0 unspecified atom stereocenters. The van der Waals surface area contributed by atoms with Crippen molar-refractivity contribution in [1.29, 1.82) is 0 Å². The Hall–Kier alpha value is -1.59. The molecule has 10 heteroatoms. The van der Waals surface area contributed by atoms with Crippen LogP contribution in [0.2, 0.25) is 0 Å². The number of para-hydroxylation sites is 1. The van der Waals surface area contributed by atoms with Gasteiger partial charge in [-0.1, -0.05) is 26.0 Å². The normalized spacial score (nSPS) is 23.3. The van der Waals surface area contributed by atoms with Crippen molar-refractivity contribution in [3.8, 4) is 0 Å². The van der Waals surface area contributed by atoms with Crippen LogP contribution in [0.5, 0.6) is 0 Å². The Morgan fingerprint density at radius 3 is 2.46 bits per heavy atom. The first-order chi connectivity index (χ1) is 11.2. The molecule has 2 atom stereocenters. The van der Waals surface area contributed by atoms with Gasteiger partial charge in [-0.15, -0.1) is 0 Å². The third kappa shape index (κ3) is 4.08. The molecule has 1 aromatic carbocycles. The summed E-state index contributed by atoms with van der Waals surface area (Å²) in [6.45, 7) is 3.43. The van der Waals surface area contributed by atoms with Crippen molar-refractivity contribution in [2.75, 3.05) is 6.54 Å². The molecule has 0 radical (unpaired) electrons. The Bertz CT molecular complexity index is 703. The fraction of sp³-hybridized carbons (Fsp3) is 0.571. The molecule has 1 saturated heterocycles. The highest BCUT2D eigenvalue weighted by Gasteiger charge is 2.47. The summed E-state index contributed by atoms with van der Waals surface area (Å²) in [5.74, 6) is -0.958. The summed E-state index contributed by atoms with van der Waals surface area (Å²) in [7, 11) is -4.41. The quantitative estimate of drug-likeness (QED) is 0.432. The molecule has 0 amide bonds. The van der Waals surface area contributed by atoms with E-state index in [4.69, 9.17) is 14.0 Å². The first-order valence-electron chi connectivity index (χ1n) is 7.52. The molecule has 0 bridgehead atoms. The molecular formula is C14H20N2O7S. The lowest BCUT2D eigenvalue weighted by Gasteiger charge is -2.25. The fourth-order valence-corrected chi connectivity index (χ4v) is 3.13. The topological polar surface area (TPSA) is 128 Å². The first-order valence-corrected chi connectivity index (χ1v) is 8.96. The summed E-state index contributed by atoms with van der Waals surface area (Å²) in [5.41, 5.74) is 0.166. The smallest absolute Gasteiger partial charge is 0.333 e. The van der Waals surface area contributed by atoms with E-state index in [9.17, 15) is 18.5 Å². The lowest BCUT2D eigenvalue weighted by atomic mass is 10.0. The Labute approximate surface area is 140 Å². The zero-order valence-electron chi connectivity index (χ0n) is 13.3. The van der Waals surface area contributed by atoms with Crippen molar-refractivity contribution in [2.45, 2.75) is 44.7 Å². The zero-order chi connectivity index (χ0) is 18.0. The summed E-state index contributed by atoms with van der Waals surface area (Å²) in [6, 6.07) is 6.07. The van der Waals surface area contributed by atoms with Gasteiger partial charge in [0.2, 0.25) is 0 Å². The Morgan fingerprint density at radius 1 is 1.29 bits per heavy atom. The van der Waals surface area contributed by atoms with Crippen molar-refractivity contribution in [3.05, 3.63) is 39.9 Å². The largest absolute Gasteiger partial charge is 0.342 e. The van der Waals surface area contributed by atoms with Gasteiger partial charge >= 0.3 is 10.3 Å². The molecule has 9 nitrogen and oxygen atoms in total. The second kappa shape index (κ2) is 7.11. The van der Waals surface area contributed by atoms with Gasteiger partial charge in [0.1, 0.15) is 12.2 Å². The fourth-order valence-electron chi connectivity index (χ4n) is 2.75. The van der Waals surface area contributed by atoms with Gasteiger partial charge in [0, 0.05) is 12.6 Å². The minimum atomic E-state index is -4.41. The van der Waals surface area contributed by atoms with Gasteiger partial charge in [0.15, 0.2) is 5.79 Å². The Kier molecular flexibility index (Phi) is 5.56. The molecule has 1 aliphatic rings. The van der Waals surface area contributed by atoms with E-state index in [2.05, 4.69) is 0 Å². The summed E-state index contributed by atoms with van der Waals surface area (Å²) in [6.07, 6.45) is -0.667. The first kappa shape index (κ1) is 18.7. The van der Waals surface area contributed by atoms with E-state index in [1.54, 1.807) is 12.1 Å². The van der Waals surface area contributed by atoms with Crippen molar-refractivity contribution in [3.63, 3.8) is 0 Å². The minimum absolute atomic E-state index is 0.133. The van der Waals surface area contributed by atoms with Crippen LogP contribution in [0.1, 0.15) is 38.4 Å². The number of benzene rings is 1. The number of nitrogens with zero attached hydrogens (tertiary/aromatic N) is 1. The third-order valence-corrected chi connectivity index (χ3v) is 4.56. The van der Waals surface area contributed by atoms with E-state index in [-0.39, 0.29) is 12.2 Å². The molecule has 1 heterocycles. The van der Waals surface area contributed by atoms with Crippen LogP contribution < -0.4 is 4.72 Å². The van der Waals surface area contributed by atoms with Gasteiger partial charge in [-0.2, -0.15) is 13.1 Å². The van der Waals surface area contributed by atoms with E-state index < -0.39 is 33.2 Å². The monoisotopic (exact) mass is 360 g/mol. The lowest BCUT2D eigenvalue weighted by molar-refractivity contribution is -0.386. The van der Waals surface area contributed by atoms with E-state index in [0.29, 0.717) is 18.4 Å². The van der Waals surface area contributed by atoms with Gasteiger partial charge in [-0.25, -0.2) is 0 Å². The van der Waals surface area contributed by atoms with Crippen molar-refractivity contribution >= 4 is 16.0 Å². The van der Waals surface area contributed by atoms with E-state index in [1.165, 1.54) is 12.1 Å². The summed E-state index contributed by atoms with van der Waals surface area (Å²) < 4.78 is 44.5. The second-order valence-corrected chi connectivity index (χ2v) is 6.69. The molecule has 1 fully saturated rings. The van der Waals surface area contributed by atoms with Gasteiger partial charge in [0.25, 0.3) is 5.69 Å².